The number of carboxylic acid groups (broad SMARTS) is 1. The Morgan fingerprint density at radius 2 is 1.52 bits per heavy atom. The molecule has 1 aromatic rings. The van der Waals surface area contributed by atoms with E-state index in [2.05, 4.69) is 31.6 Å². The van der Waals surface area contributed by atoms with Crippen LogP contribution in [0.3, 0.4) is 0 Å². The first-order valence-corrected chi connectivity index (χ1v) is 16.3. The van der Waals surface area contributed by atoms with Gasteiger partial charge in [-0.15, -0.1) is 0 Å². The van der Waals surface area contributed by atoms with Crippen LogP contribution >= 0.6 is 0 Å². The predicted molar refractivity (Wildman–Crippen MR) is 181 cm³/mol. The van der Waals surface area contributed by atoms with Gasteiger partial charge in [-0.25, -0.2) is 0 Å². The van der Waals surface area contributed by atoms with Crippen LogP contribution in [-0.2, 0) is 40.0 Å². The van der Waals surface area contributed by atoms with E-state index in [1.165, 1.54) is 31.0 Å². The van der Waals surface area contributed by atoms with Crippen molar-refractivity contribution in [2.75, 3.05) is 20.1 Å². The molecule has 0 radical (unpaired) electrons. The van der Waals surface area contributed by atoms with Gasteiger partial charge in [-0.3, -0.25) is 38.6 Å². The standard InChI is InChI=1S/C32H49N9O9/c1-17(2)26(31(50)39-22(27(46)35-4)15-19-9-11-20(43)12-10-19)40-29(48)23(16-25(44)45)38-28(47)21(7-5-13-36-32(33)34)37-30(49)24-8-6-14-41(24)18(3)42/h9-12,17,21-24,26,43H,5-8,13-16H2,1-4H3,(H,35,46)(H,37,49)(H,38,47)(H,39,50)(H,40,48)(H,44,45)(H4,33,34,36)/t21-,22-,23-,24-,26-/m0/s1. The minimum Gasteiger partial charge on any atom is -0.508 e. The van der Waals surface area contributed by atoms with Crippen LogP contribution in [0.25, 0.3) is 0 Å². The first-order valence-electron chi connectivity index (χ1n) is 16.3. The number of phenolic OH excluding ortho intramolecular Hbond substituents is 1. The second-order valence-electron chi connectivity index (χ2n) is 12.3. The highest BCUT2D eigenvalue weighted by Gasteiger charge is 2.36. The molecule has 0 saturated carbocycles. The van der Waals surface area contributed by atoms with Crippen LogP contribution in [0.15, 0.2) is 29.3 Å². The summed E-state index contributed by atoms with van der Waals surface area (Å²) in [6, 6.07) is -0.0144. The molecule has 1 saturated heterocycles. The van der Waals surface area contributed by atoms with E-state index in [4.69, 9.17) is 11.5 Å². The zero-order valence-electron chi connectivity index (χ0n) is 28.7. The van der Waals surface area contributed by atoms with Crippen LogP contribution in [0.5, 0.6) is 5.75 Å². The molecule has 5 atom stereocenters. The summed E-state index contributed by atoms with van der Waals surface area (Å²) < 4.78 is 0. The van der Waals surface area contributed by atoms with Crippen molar-refractivity contribution in [3.05, 3.63) is 29.8 Å². The highest BCUT2D eigenvalue weighted by atomic mass is 16.4. The van der Waals surface area contributed by atoms with Crippen LogP contribution in [-0.4, -0.2) is 113 Å². The number of likely N-dealkylation sites (tertiary alicyclic amines) is 1. The summed E-state index contributed by atoms with van der Waals surface area (Å²) in [6.07, 6.45) is 0.392. The Labute approximate surface area is 290 Å². The Morgan fingerprint density at radius 3 is 2.08 bits per heavy atom. The number of benzene rings is 1. The first-order chi connectivity index (χ1) is 23.5. The first kappa shape index (κ1) is 40.8. The molecular formula is C32H49N9O9. The molecular weight excluding hydrogens is 654 g/mol. The Hall–Kier alpha value is -5.42. The number of carboxylic acids is 1. The molecule has 0 aromatic heterocycles. The maximum absolute atomic E-state index is 13.5. The minimum atomic E-state index is -1.67. The fourth-order valence-corrected chi connectivity index (χ4v) is 5.41. The van der Waals surface area contributed by atoms with Crippen molar-refractivity contribution < 1.29 is 43.8 Å². The van der Waals surface area contributed by atoms with Crippen LogP contribution in [0.1, 0.15) is 58.4 Å². The number of aliphatic imine (C=N–C) groups is 1. The third-order valence-corrected chi connectivity index (χ3v) is 8.05. The molecule has 1 aliphatic rings. The van der Waals surface area contributed by atoms with Gasteiger partial charge in [0, 0.05) is 33.5 Å². The number of rotatable bonds is 18. The molecule has 2 rings (SSSR count). The van der Waals surface area contributed by atoms with Crippen molar-refractivity contribution in [1.29, 1.82) is 0 Å². The molecule has 0 aliphatic carbocycles. The quantitative estimate of drug-likeness (QED) is 0.0450. The number of nitrogens with two attached hydrogens (primary N) is 2. The van der Waals surface area contributed by atoms with Crippen LogP contribution in [0.4, 0.5) is 0 Å². The second kappa shape index (κ2) is 19.5. The fourth-order valence-electron chi connectivity index (χ4n) is 5.41. The summed E-state index contributed by atoms with van der Waals surface area (Å²) in [6.45, 7) is 5.07. The lowest BCUT2D eigenvalue weighted by molar-refractivity contribution is -0.142. The molecule has 276 valence electrons. The molecule has 1 aromatic carbocycles. The Bertz CT molecular complexity index is 1410. The molecule has 50 heavy (non-hydrogen) atoms. The van der Waals surface area contributed by atoms with Gasteiger partial charge in [-0.2, -0.15) is 0 Å². The van der Waals surface area contributed by atoms with Gasteiger partial charge in [-0.1, -0.05) is 26.0 Å². The van der Waals surface area contributed by atoms with Gasteiger partial charge in [0.2, 0.25) is 35.4 Å². The Kier molecular flexibility index (Phi) is 15.9. The third kappa shape index (κ3) is 12.9. The molecule has 0 bridgehead atoms. The van der Waals surface area contributed by atoms with Gasteiger partial charge in [0.05, 0.1) is 6.42 Å². The Morgan fingerprint density at radius 1 is 0.900 bits per heavy atom. The number of carbonyl (C=O) groups is 7. The minimum absolute atomic E-state index is 0.00148. The summed E-state index contributed by atoms with van der Waals surface area (Å²) in [7, 11) is 1.39. The van der Waals surface area contributed by atoms with Crippen molar-refractivity contribution >= 4 is 47.4 Å². The van der Waals surface area contributed by atoms with Gasteiger partial charge in [0.15, 0.2) is 5.96 Å². The molecule has 18 heteroatoms. The van der Waals surface area contributed by atoms with Gasteiger partial charge < -0.3 is 53.2 Å². The number of aliphatic carboxylic acids is 1. The highest BCUT2D eigenvalue weighted by molar-refractivity contribution is 5.97. The van der Waals surface area contributed by atoms with E-state index in [1.807, 2.05) is 0 Å². The predicted octanol–water partition coefficient (Wildman–Crippen LogP) is -2.18. The lowest BCUT2D eigenvalue weighted by atomic mass is 10.00. The number of hydrogen-bond acceptors (Lipinski definition) is 9. The zero-order chi connectivity index (χ0) is 37.5. The highest BCUT2D eigenvalue weighted by Crippen LogP contribution is 2.18. The largest absolute Gasteiger partial charge is 0.508 e. The van der Waals surface area contributed by atoms with Crippen molar-refractivity contribution in [2.45, 2.75) is 89.5 Å². The van der Waals surface area contributed by atoms with Gasteiger partial charge in [0.1, 0.15) is 36.0 Å². The number of guanidine groups is 1. The molecule has 6 amide bonds. The molecule has 18 nitrogen and oxygen atoms in total. The third-order valence-electron chi connectivity index (χ3n) is 8.05. The van der Waals surface area contributed by atoms with Gasteiger partial charge in [0.25, 0.3) is 0 Å². The molecule has 0 unspecified atom stereocenters. The monoisotopic (exact) mass is 703 g/mol. The topological polar surface area (TPSA) is 288 Å². The number of amides is 6. The van der Waals surface area contributed by atoms with Crippen molar-refractivity contribution in [1.82, 2.24) is 31.5 Å². The molecule has 11 N–H and O–H groups in total. The van der Waals surface area contributed by atoms with Crippen LogP contribution < -0.4 is 38.1 Å². The number of likely N-dealkylation sites (N-methyl/N-ethyl adjacent to an activating group) is 1. The van der Waals surface area contributed by atoms with Crippen molar-refractivity contribution in [3.63, 3.8) is 0 Å². The lowest BCUT2D eigenvalue weighted by Crippen LogP contribution is -2.60. The average molecular weight is 704 g/mol. The van der Waals surface area contributed by atoms with E-state index in [0.717, 1.165) is 0 Å². The van der Waals surface area contributed by atoms with E-state index in [-0.39, 0.29) is 43.4 Å². The van der Waals surface area contributed by atoms with Crippen LogP contribution in [0.2, 0.25) is 0 Å². The number of carbonyl (C=O) groups excluding carboxylic acids is 6. The molecule has 1 aliphatic heterocycles. The molecule has 1 heterocycles. The number of nitrogens with one attached hydrogen (secondary N) is 5. The molecule has 1 fully saturated rings. The van der Waals surface area contributed by atoms with Crippen LogP contribution in [0, 0.1) is 5.92 Å². The summed E-state index contributed by atoms with van der Waals surface area (Å²) in [5.41, 5.74) is 11.4. The number of hydrogen-bond donors (Lipinski definition) is 9. The Balaban J connectivity index is 2.25. The summed E-state index contributed by atoms with van der Waals surface area (Å²) in [5.74, 6) is -6.15. The summed E-state index contributed by atoms with van der Waals surface area (Å²) in [5, 5.41) is 31.7. The zero-order valence-corrected chi connectivity index (χ0v) is 28.7. The second-order valence-corrected chi connectivity index (χ2v) is 12.3. The van der Waals surface area contributed by atoms with E-state index >= 15 is 0 Å². The maximum Gasteiger partial charge on any atom is 0.305 e. The SMILES string of the molecule is CNC(=O)[C@H](Cc1ccc(O)cc1)NC(=O)[C@@H](NC(=O)[C@H](CC(=O)O)NC(=O)[C@H](CCCN=C(N)N)NC(=O)[C@@H]1CCCN1C(C)=O)C(C)C. The van der Waals surface area contributed by atoms with E-state index in [9.17, 15) is 43.8 Å². The number of aromatic hydroxyl groups is 1. The number of phenols is 1. The van der Waals surface area contributed by atoms with Crippen molar-refractivity contribution in [3.8, 4) is 5.75 Å². The van der Waals surface area contributed by atoms with Gasteiger partial charge >= 0.3 is 5.97 Å². The smallest absolute Gasteiger partial charge is 0.305 e. The van der Waals surface area contributed by atoms with E-state index < -0.39 is 78.1 Å². The summed E-state index contributed by atoms with van der Waals surface area (Å²) in [4.78, 5) is 95.4. The van der Waals surface area contributed by atoms with E-state index in [1.54, 1.807) is 26.0 Å². The van der Waals surface area contributed by atoms with E-state index in [0.29, 0.717) is 24.9 Å². The maximum atomic E-state index is 13.5. The number of nitrogens with zero attached hydrogens (tertiary/aromatic N) is 2. The normalized spacial score (nSPS) is 16.3. The van der Waals surface area contributed by atoms with Gasteiger partial charge in [-0.05, 0) is 49.3 Å². The fraction of sp³-hybridized carbons (Fsp3) is 0.562. The van der Waals surface area contributed by atoms with Crippen molar-refractivity contribution in [2.24, 2.45) is 22.4 Å². The summed E-state index contributed by atoms with van der Waals surface area (Å²) >= 11 is 0. The lowest BCUT2D eigenvalue weighted by Gasteiger charge is -2.28. The average Bonchev–Trinajstić information content (AvgIpc) is 3.55. The molecule has 0 spiro atoms.